The molecule has 230 valence electrons. The van der Waals surface area contributed by atoms with E-state index in [2.05, 4.69) is 198 Å². The predicted octanol–water partition coefficient (Wildman–Crippen LogP) is 12.8. The quantitative estimate of drug-likeness (QED) is 0.190. The van der Waals surface area contributed by atoms with Crippen LogP contribution in [0.5, 0.6) is 0 Å². The Kier molecular flexibility index (Phi) is 8.56. The van der Waals surface area contributed by atoms with E-state index >= 15 is 0 Å². The summed E-state index contributed by atoms with van der Waals surface area (Å²) in [5.74, 6) is 0. The van der Waals surface area contributed by atoms with Gasteiger partial charge in [-0.3, -0.25) is 0 Å². The molecule has 0 amide bonds. The Morgan fingerprint density at radius 3 is 1.24 bits per heavy atom. The van der Waals surface area contributed by atoms with Crippen LogP contribution in [-0.2, 0) is 10.8 Å². The Bertz CT molecular complexity index is 1870. The van der Waals surface area contributed by atoms with Crippen LogP contribution in [0, 0.1) is 0 Å². The fraction of sp³-hybridized carbons (Fsp3) is 0.182. The monoisotopic (exact) mass is 600 g/mol. The van der Waals surface area contributed by atoms with Crippen LogP contribution in [-0.4, -0.2) is 0 Å². The zero-order valence-corrected chi connectivity index (χ0v) is 27.9. The van der Waals surface area contributed by atoms with Crippen molar-refractivity contribution in [1.82, 2.24) is 0 Å². The van der Waals surface area contributed by atoms with Crippen molar-refractivity contribution in [2.45, 2.75) is 52.4 Å². The van der Waals surface area contributed by atoms with Crippen molar-refractivity contribution in [3.05, 3.63) is 157 Å². The topological polar surface area (TPSA) is 24.1 Å². The molecule has 2 heteroatoms. The number of anilines is 4. The van der Waals surface area contributed by atoms with Crippen molar-refractivity contribution in [3.8, 4) is 33.4 Å². The SMILES string of the molecule is CC(C)(C)c1cc(Nc2ccccc2-c2ccccc2)cc(Nc2c(-c3ccccc3)cc(C(C)(C)C)cc2-c2ccccc2)c1. The number of benzene rings is 6. The summed E-state index contributed by atoms with van der Waals surface area (Å²) >= 11 is 0. The molecule has 6 aromatic carbocycles. The molecular formula is C44H44N2. The van der Waals surface area contributed by atoms with E-state index in [1.807, 2.05) is 0 Å². The normalized spacial score (nSPS) is 11.7. The molecule has 0 aliphatic heterocycles. The molecule has 2 nitrogen and oxygen atoms in total. The molecule has 0 bridgehead atoms. The molecule has 2 N–H and O–H groups in total. The molecule has 0 saturated carbocycles. The van der Waals surface area contributed by atoms with Gasteiger partial charge in [-0.1, -0.05) is 151 Å². The molecule has 0 radical (unpaired) electrons. The minimum absolute atomic E-state index is 0.0129. The lowest BCUT2D eigenvalue weighted by Crippen LogP contribution is -2.13. The first-order valence-electron chi connectivity index (χ1n) is 16.2. The summed E-state index contributed by atoms with van der Waals surface area (Å²) in [7, 11) is 0. The van der Waals surface area contributed by atoms with E-state index in [1.54, 1.807) is 0 Å². The third-order valence-corrected chi connectivity index (χ3v) is 8.53. The fourth-order valence-electron chi connectivity index (χ4n) is 5.87. The first kappa shape index (κ1) is 30.9. The predicted molar refractivity (Wildman–Crippen MR) is 200 cm³/mol. The van der Waals surface area contributed by atoms with Crippen molar-refractivity contribution >= 4 is 22.7 Å². The van der Waals surface area contributed by atoms with E-state index < -0.39 is 0 Å². The number of hydrogen-bond acceptors (Lipinski definition) is 2. The van der Waals surface area contributed by atoms with Crippen LogP contribution in [0.15, 0.2) is 146 Å². The van der Waals surface area contributed by atoms with Crippen LogP contribution >= 0.6 is 0 Å². The highest BCUT2D eigenvalue weighted by atomic mass is 14.9. The third kappa shape index (κ3) is 6.92. The number of nitrogens with one attached hydrogen (secondary N) is 2. The van der Waals surface area contributed by atoms with E-state index in [-0.39, 0.29) is 10.8 Å². The highest BCUT2D eigenvalue weighted by Gasteiger charge is 2.22. The molecule has 0 unspecified atom stereocenters. The van der Waals surface area contributed by atoms with Crippen LogP contribution in [0.1, 0.15) is 52.7 Å². The molecule has 0 spiro atoms. The summed E-state index contributed by atoms with van der Waals surface area (Å²) < 4.78 is 0. The molecule has 0 aliphatic rings. The van der Waals surface area contributed by atoms with Gasteiger partial charge in [0.05, 0.1) is 5.69 Å². The molecule has 46 heavy (non-hydrogen) atoms. The third-order valence-electron chi connectivity index (χ3n) is 8.53. The van der Waals surface area contributed by atoms with E-state index in [0.29, 0.717) is 0 Å². The van der Waals surface area contributed by atoms with Gasteiger partial charge in [0.2, 0.25) is 0 Å². The summed E-state index contributed by atoms with van der Waals surface area (Å²) in [6, 6.07) is 52.2. The minimum atomic E-state index is -0.0479. The van der Waals surface area contributed by atoms with Crippen molar-refractivity contribution in [2.24, 2.45) is 0 Å². The molecule has 0 aromatic heterocycles. The van der Waals surface area contributed by atoms with Crippen molar-refractivity contribution in [1.29, 1.82) is 0 Å². The maximum absolute atomic E-state index is 3.96. The average molecular weight is 601 g/mol. The van der Waals surface area contributed by atoms with Gasteiger partial charge in [0.15, 0.2) is 0 Å². The van der Waals surface area contributed by atoms with Gasteiger partial charge in [-0.25, -0.2) is 0 Å². The van der Waals surface area contributed by atoms with Gasteiger partial charge in [0.1, 0.15) is 0 Å². The van der Waals surface area contributed by atoms with E-state index in [0.717, 1.165) is 22.7 Å². The highest BCUT2D eigenvalue weighted by Crippen LogP contribution is 2.43. The molecular weight excluding hydrogens is 556 g/mol. The number of hydrogen-bond donors (Lipinski definition) is 2. The standard InChI is InChI=1S/C44H44N2/c1-43(2,3)34-26-36(45-41-25-17-16-24-38(41)31-18-10-7-11-19-31)30-37(27-34)46-42-39(32-20-12-8-13-21-32)28-35(44(4,5)6)29-40(42)33-22-14-9-15-23-33/h7-30,45-46H,1-6H3. The highest BCUT2D eigenvalue weighted by molar-refractivity contribution is 5.94. The number of rotatable bonds is 7. The van der Waals surface area contributed by atoms with Crippen molar-refractivity contribution in [2.75, 3.05) is 10.6 Å². The second-order valence-corrected chi connectivity index (χ2v) is 14.1. The number of para-hydroxylation sites is 1. The zero-order valence-electron chi connectivity index (χ0n) is 27.9. The Labute approximate surface area is 275 Å². The van der Waals surface area contributed by atoms with E-state index in [4.69, 9.17) is 0 Å². The smallest absolute Gasteiger partial charge is 0.0543 e. The fourth-order valence-corrected chi connectivity index (χ4v) is 5.87. The Morgan fingerprint density at radius 1 is 0.370 bits per heavy atom. The first-order chi connectivity index (χ1) is 22.1. The largest absolute Gasteiger partial charge is 0.355 e. The van der Waals surface area contributed by atoms with E-state index in [1.165, 1.54) is 44.5 Å². The summed E-state index contributed by atoms with van der Waals surface area (Å²) in [5, 5.41) is 7.75. The summed E-state index contributed by atoms with van der Waals surface area (Å²) in [5.41, 5.74) is 13.9. The van der Waals surface area contributed by atoms with Gasteiger partial charge in [-0.05, 0) is 75.0 Å². The van der Waals surface area contributed by atoms with Crippen LogP contribution in [0.4, 0.5) is 22.7 Å². The summed E-state index contributed by atoms with van der Waals surface area (Å²) in [6.45, 7) is 13.7. The minimum Gasteiger partial charge on any atom is -0.355 e. The molecule has 0 fully saturated rings. The van der Waals surface area contributed by atoms with Gasteiger partial charge in [-0.2, -0.15) is 0 Å². The molecule has 0 aliphatic carbocycles. The molecule has 0 heterocycles. The Hall–Kier alpha value is -5.08. The maximum atomic E-state index is 3.96. The van der Waals surface area contributed by atoms with Crippen molar-refractivity contribution < 1.29 is 0 Å². The lowest BCUT2D eigenvalue weighted by Gasteiger charge is -2.26. The first-order valence-corrected chi connectivity index (χ1v) is 16.2. The van der Waals surface area contributed by atoms with Gasteiger partial charge < -0.3 is 10.6 Å². The van der Waals surface area contributed by atoms with Gasteiger partial charge >= 0.3 is 0 Å². The lowest BCUT2D eigenvalue weighted by molar-refractivity contribution is 0.590. The second kappa shape index (κ2) is 12.7. The molecule has 0 saturated heterocycles. The van der Waals surface area contributed by atoms with E-state index in [9.17, 15) is 0 Å². The molecule has 0 atom stereocenters. The maximum Gasteiger partial charge on any atom is 0.0543 e. The summed E-state index contributed by atoms with van der Waals surface area (Å²) in [4.78, 5) is 0. The van der Waals surface area contributed by atoms with Crippen LogP contribution in [0.25, 0.3) is 33.4 Å². The van der Waals surface area contributed by atoms with Crippen LogP contribution in [0.3, 0.4) is 0 Å². The average Bonchev–Trinajstić information content (AvgIpc) is 3.05. The lowest BCUT2D eigenvalue weighted by atomic mass is 9.82. The van der Waals surface area contributed by atoms with Gasteiger partial charge in [-0.15, -0.1) is 0 Å². The van der Waals surface area contributed by atoms with Crippen LogP contribution in [0.2, 0.25) is 0 Å². The molecule has 6 aromatic rings. The van der Waals surface area contributed by atoms with Crippen molar-refractivity contribution in [3.63, 3.8) is 0 Å². The zero-order chi connectivity index (χ0) is 32.3. The van der Waals surface area contributed by atoms with Crippen LogP contribution < -0.4 is 10.6 Å². The van der Waals surface area contributed by atoms with Gasteiger partial charge in [0.25, 0.3) is 0 Å². The Balaban J connectivity index is 1.52. The second-order valence-electron chi connectivity index (χ2n) is 14.1. The van der Waals surface area contributed by atoms with Gasteiger partial charge in [0, 0.05) is 33.8 Å². The molecule has 6 rings (SSSR count). The summed E-state index contributed by atoms with van der Waals surface area (Å²) in [6.07, 6.45) is 0. The Morgan fingerprint density at radius 2 is 0.761 bits per heavy atom.